The molecule has 1 aromatic rings. The number of nitrogens with zero attached hydrogens (tertiary/aromatic N) is 1. The molecular formula is C16H13NO7. The summed E-state index contributed by atoms with van der Waals surface area (Å²) < 4.78 is 15.3. The fraction of sp³-hybridized carbons (Fsp3) is 0.375. The first-order chi connectivity index (χ1) is 11.5. The number of epoxide rings is 1. The number of carbonyl (C=O) groups excluding carboxylic acids is 2. The SMILES string of the molecule is COC(=O)C1=C(C(=O)OC)[C@H]2c3ccc([N+](=O)[O-])cc3[C@@H]1[C@H]1O[C@H]12. The number of methoxy groups -OCH3 is 2. The summed E-state index contributed by atoms with van der Waals surface area (Å²) in [5.41, 5.74) is 1.75. The minimum Gasteiger partial charge on any atom is -0.466 e. The number of esters is 2. The molecule has 4 aliphatic rings. The Morgan fingerprint density at radius 2 is 1.58 bits per heavy atom. The zero-order valence-electron chi connectivity index (χ0n) is 12.8. The fourth-order valence-corrected chi connectivity index (χ4v) is 3.92. The van der Waals surface area contributed by atoms with Crippen LogP contribution in [0.4, 0.5) is 5.69 Å². The topological polar surface area (TPSA) is 108 Å². The van der Waals surface area contributed by atoms with Crippen LogP contribution in [-0.2, 0) is 23.8 Å². The third kappa shape index (κ3) is 1.77. The van der Waals surface area contributed by atoms with E-state index in [0.717, 1.165) is 5.56 Å². The van der Waals surface area contributed by atoms with Crippen LogP contribution >= 0.6 is 0 Å². The Morgan fingerprint density at radius 3 is 2.08 bits per heavy atom. The number of rotatable bonds is 3. The van der Waals surface area contributed by atoms with Crippen molar-refractivity contribution in [1.82, 2.24) is 0 Å². The molecule has 0 unspecified atom stereocenters. The number of non-ortho nitro benzene ring substituents is 1. The Hall–Kier alpha value is -2.74. The molecule has 2 bridgehead atoms. The van der Waals surface area contributed by atoms with Crippen molar-refractivity contribution in [2.24, 2.45) is 0 Å². The Balaban J connectivity index is 1.95. The van der Waals surface area contributed by atoms with Gasteiger partial charge in [-0.3, -0.25) is 10.1 Å². The monoisotopic (exact) mass is 331 g/mol. The van der Waals surface area contributed by atoms with Crippen molar-refractivity contribution in [3.8, 4) is 0 Å². The lowest BCUT2D eigenvalue weighted by atomic mass is 9.63. The number of nitro benzene ring substituents is 1. The third-order valence-corrected chi connectivity index (χ3v) is 4.89. The normalized spacial score (nSPS) is 28.8. The predicted octanol–water partition coefficient (Wildman–Crippen LogP) is 1.20. The minimum atomic E-state index is -0.642. The van der Waals surface area contributed by atoms with Crippen molar-refractivity contribution in [3.05, 3.63) is 50.6 Å². The molecule has 0 radical (unpaired) electrons. The third-order valence-electron chi connectivity index (χ3n) is 4.89. The molecule has 0 spiro atoms. The van der Waals surface area contributed by atoms with E-state index in [1.807, 2.05) is 0 Å². The summed E-state index contributed by atoms with van der Waals surface area (Å²) in [5, 5.41) is 11.1. The maximum absolute atomic E-state index is 12.3. The van der Waals surface area contributed by atoms with Crippen LogP contribution in [0.25, 0.3) is 0 Å². The highest BCUT2D eigenvalue weighted by Crippen LogP contribution is 2.61. The average molecular weight is 331 g/mol. The molecule has 1 saturated heterocycles. The van der Waals surface area contributed by atoms with Crippen molar-refractivity contribution in [2.45, 2.75) is 24.0 Å². The average Bonchev–Trinajstić information content (AvgIpc) is 3.40. The van der Waals surface area contributed by atoms with E-state index in [2.05, 4.69) is 0 Å². The molecule has 0 amide bonds. The van der Waals surface area contributed by atoms with Crippen LogP contribution < -0.4 is 0 Å². The van der Waals surface area contributed by atoms with Crippen LogP contribution in [0.15, 0.2) is 29.3 Å². The number of ether oxygens (including phenoxy) is 3. The summed E-state index contributed by atoms with van der Waals surface area (Å²) in [6, 6.07) is 4.46. The number of benzene rings is 1. The molecule has 0 aromatic heterocycles. The van der Waals surface area contributed by atoms with Crippen molar-refractivity contribution in [2.75, 3.05) is 14.2 Å². The van der Waals surface area contributed by atoms with Gasteiger partial charge in [0.25, 0.3) is 5.69 Å². The maximum atomic E-state index is 12.3. The summed E-state index contributed by atoms with van der Waals surface area (Å²) >= 11 is 0. The van der Waals surface area contributed by atoms with Crippen molar-refractivity contribution in [1.29, 1.82) is 0 Å². The molecule has 1 heterocycles. The van der Waals surface area contributed by atoms with Crippen LogP contribution in [0.1, 0.15) is 23.0 Å². The largest absolute Gasteiger partial charge is 0.466 e. The number of hydrogen-bond donors (Lipinski definition) is 0. The van der Waals surface area contributed by atoms with Crippen LogP contribution in [-0.4, -0.2) is 43.3 Å². The van der Waals surface area contributed by atoms with Gasteiger partial charge in [0.15, 0.2) is 0 Å². The Morgan fingerprint density at radius 1 is 1.04 bits per heavy atom. The second-order valence-electron chi connectivity index (χ2n) is 5.90. The van der Waals surface area contributed by atoms with E-state index < -0.39 is 28.7 Å². The molecule has 8 nitrogen and oxygen atoms in total. The number of nitro groups is 1. The van der Waals surface area contributed by atoms with Gasteiger partial charge in [-0.05, 0) is 11.1 Å². The zero-order chi connectivity index (χ0) is 17.2. The first-order valence-corrected chi connectivity index (χ1v) is 7.34. The highest BCUT2D eigenvalue weighted by Gasteiger charge is 2.64. The zero-order valence-corrected chi connectivity index (χ0v) is 12.8. The molecule has 1 aromatic carbocycles. The Bertz CT molecular complexity index is 828. The van der Waals surface area contributed by atoms with E-state index in [-0.39, 0.29) is 29.0 Å². The van der Waals surface area contributed by atoms with Crippen LogP contribution in [0, 0.1) is 10.1 Å². The summed E-state index contributed by atoms with van der Waals surface area (Å²) in [4.78, 5) is 35.2. The highest BCUT2D eigenvalue weighted by atomic mass is 16.6. The first-order valence-electron chi connectivity index (χ1n) is 7.34. The quantitative estimate of drug-likeness (QED) is 0.354. The van der Waals surface area contributed by atoms with Gasteiger partial charge >= 0.3 is 11.9 Å². The van der Waals surface area contributed by atoms with Gasteiger partial charge in [0.2, 0.25) is 0 Å². The van der Waals surface area contributed by atoms with Gasteiger partial charge < -0.3 is 14.2 Å². The van der Waals surface area contributed by atoms with Gasteiger partial charge in [0.1, 0.15) is 0 Å². The van der Waals surface area contributed by atoms with Gasteiger partial charge in [-0.15, -0.1) is 0 Å². The molecule has 3 aliphatic carbocycles. The van der Waals surface area contributed by atoms with E-state index >= 15 is 0 Å². The Kier molecular flexibility index (Phi) is 3.01. The van der Waals surface area contributed by atoms with Gasteiger partial charge in [0.05, 0.1) is 42.5 Å². The van der Waals surface area contributed by atoms with Crippen LogP contribution in [0.2, 0.25) is 0 Å². The second kappa shape index (κ2) is 4.88. The van der Waals surface area contributed by atoms with E-state index in [4.69, 9.17) is 14.2 Å². The van der Waals surface area contributed by atoms with Gasteiger partial charge in [-0.2, -0.15) is 0 Å². The van der Waals surface area contributed by atoms with Gasteiger partial charge in [-0.25, -0.2) is 9.59 Å². The molecule has 4 atom stereocenters. The van der Waals surface area contributed by atoms with Crippen molar-refractivity contribution >= 4 is 17.6 Å². The molecule has 0 N–H and O–H groups in total. The van der Waals surface area contributed by atoms with E-state index in [1.54, 1.807) is 6.07 Å². The summed E-state index contributed by atoms with van der Waals surface area (Å²) in [6.07, 6.45) is -0.488. The summed E-state index contributed by atoms with van der Waals surface area (Å²) in [6.45, 7) is 0. The molecule has 1 fully saturated rings. The molecule has 124 valence electrons. The van der Waals surface area contributed by atoms with Gasteiger partial charge in [-0.1, -0.05) is 6.07 Å². The van der Waals surface area contributed by atoms with E-state index in [1.165, 1.54) is 26.4 Å². The predicted molar refractivity (Wildman–Crippen MR) is 78.3 cm³/mol. The molecule has 8 heteroatoms. The highest BCUT2D eigenvalue weighted by molar-refractivity contribution is 6.04. The van der Waals surface area contributed by atoms with E-state index in [9.17, 15) is 19.7 Å². The standard InChI is InChI=1S/C16H13NO7/c1-22-15(18)11-9-7-4-3-6(17(20)21)5-8(7)10(14-13(9)24-14)12(11)16(19)23-2/h3-5,9-10,13-14H,1-2H3/t9-,10+,13+,14-/m1/s1. The summed E-state index contributed by atoms with van der Waals surface area (Å²) in [7, 11) is 2.47. The minimum absolute atomic E-state index is 0.0673. The first kappa shape index (κ1) is 14.8. The lowest BCUT2D eigenvalue weighted by Gasteiger charge is -2.36. The molecule has 0 saturated carbocycles. The lowest BCUT2D eigenvalue weighted by Crippen LogP contribution is -2.38. The molecule has 1 aliphatic heterocycles. The van der Waals surface area contributed by atoms with Crippen molar-refractivity contribution < 1.29 is 28.7 Å². The molecule has 5 rings (SSSR count). The molecular weight excluding hydrogens is 318 g/mol. The van der Waals surface area contributed by atoms with Crippen LogP contribution in [0.3, 0.4) is 0 Å². The smallest absolute Gasteiger partial charge is 0.335 e. The lowest BCUT2D eigenvalue weighted by molar-refractivity contribution is -0.385. The van der Waals surface area contributed by atoms with Crippen LogP contribution in [0.5, 0.6) is 0 Å². The number of carbonyl (C=O) groups is 2. The van der Waals surface area contributed by atoms with Gasteiger partial charge in [0, 0.05) is 24.0 Å². The number of hydrogen-bond acceptors (Lipinski definition) is 7. The fourth-order valence-electron chi connectivity index (χ4n) is 3.92. The molecule has 24 heavy (non-hydrogen) atoms. The second-order valence-corrected chi connectivity index (χ2v) is 5.90. The Labute approximate surface area is 136 Å². The van der Waals surface area contributed by atoms with E-state index in [0.29, 0.717) is 5.56 Å². The summed E-state index contributed by atoms with van der Waals surface area (Å²) in [5.74, 6) is -2.28. The van der Waals surface area contributed by atoms with Crippen molar-refractivity contribution in [3.63, 3.8) is 0 Å². The maximum Gasteiger partial charge on any atom is 0.335 e.